The maximum atomic E-state index is 13.1. The van der Waals surface area contributed by atoms with E-state index in [0.717, 1.165) is 22.3 Å². The Morgan fingerprint density at radius 2 is 1.82 bits per heavy atom. The molecule has 2 amide bonds. The normalized spacial score (nSPS) is 14.4. The lowest BCUT2D eigenvalue weighted by Gasteiger charge is -2.15. The number of ether oxygens (including phenoxy) is 2. The lowest BCUT2D eigenvalue weighted by molar-refractivity contribution is -0.123. The predicted molar refractivity (Wildman–Crippen MR) is 133 cm³/mol. The molecule has 0 aromatic heterocycles. The minimum Gasteiger partial charge on any atom is -0.493 e. The second-order valence-corrected chi connectivity index (χ2v) is 8.83. The number of carbonyl (C=O) groups is 2. The number of thiocarbonyl (C=S) groups is 1. The van der Waals surface area contributed by atoms with Gasteiger partial charge in [0.25, 0.3) is 11.8 Å². The van der Waals surface area contributed by atoms with Gasteiger partial charge in [0.2, 0.25) is 0 Å². The zero-order valence-electron chi connectivity index (χ0n) is 18.0. The van der Waals surface area contributed by atoms with Crippen LogP contribution in [0.2, 0.25) is 0 Å². The molecule has 1 aliphatic rings. The SMILES string of the molecule is COc1cc(/C=C2\SC(=S)N(NC(=O)c3ccccc3)C2=O)ccc1OCc1ccc(F)cc1. The third-order valence-corrected chi connectivity index (χ3v) is 6.14. The van der Waals surface area contributed by atoms with E-state index in [0.29, 0.717) is 27.5 Å². The van der Waals surface area contributed by atoms with Gasteiger partial charge in [0.1, 0.15) is 12.4 Å². The van der Waals surface area contributed by atoms with E-state index in [-0.39, 0.29) is 16.7 Å². The van der Waals surface area contributed by atoms with Gasteiger partial charge in [-0.15, -0.1) is 0 Å². The van der Waals surface area contributed by atoms with Gasteiger partial charge < -0.3 is 9.47 Å². The second-order valence-electron chi connectivity index (χ2n) is 7.15. The number of methoxy groups -OCH3 is 1. The van der Waals surface area contributed by atoms with Crippen molar-refractivity contribution in [1.29, 1.82) is 0 Å². The fourth-order valence-electron chi connectivity index (χ4n) is 3.11. The summed E-state index contributed by atoms with van der Waals surface area (Å²) < 4.78 is 24.5. The van der Waals surface area contributed by atoms with Crippen LogP contribution in [0.15, 0.2) is 77.7 Å². The summed E-state index contributed by atoms with van der Waals surface area (Å²) in [6.45, 7) is 0.246. The van der Waals surface area contributed by atoms with E-state index in [1.54, 1.807) is 66.7 Å². The van der Waals surface area contributed by atoms with Crippen LogP contribution in [0.4, 0.5) is 4.39 Å². The van der Waals surface area contributed by atoms with Gasteiger partial charge in [-0.3, -0.25) is 15.0 Å². The van der Waals surface area contributed by atoms with Crippen molar-refractivity contribution in [2.24, 2.45) is 0 Å². The van der Waals surface area contributed by atoms with Crippen molar-refractivity contribution >= 4 is 46.2 Å². The number of amides is 2. The van der Waals surface area contributed by atoms with Crippen molar-refractivity contribution in [3.63, 3.8) is 0 Å². The van der Waals surface area contributed by atoms with Crippen molar-refractivity contribution in [2.75, 3.05) is 7.11 Å². The average Bonchev–Trinajstić information content (AvgIpc) is 3.11. The largest absolute Gasteiger partial charge is 0.493 e. The lowest BCUT2D eigenvalue weighted by atomic mass is 10.2. The summed E-state index contributed by atoms with van der Waals surface area (Å²) in [7, 11) is 1.52. The summed E-state index contributed by atoms with van der Waals surface area (Å²) >= 11 is 6.37. The highest BCUT2D eigenvalue weighted by molar-refractivity contribution is 8.26. The summed E-state index contributed by atoms with van der Waals surface area (Å²) in [6, 6.07) is 19.8. The quantitative estimate of drug-likeness (QED) is 0.370. The van der Waals surface area contributed by atoms with Crippen LogP contribution in [-0.4, -0.2) is 28.3 Å². The van der Waals surface area contributed by atoms with Crippen molar-refractivity contribution in [2.45, 2.75) is 6.61 Å². The van der Waals surface area contributed by atoms with Crippen LogP contribution in [0.3, 0.4) is 0 Å². The van der Waals surface area contributed by atoms with E-state index < -0.39 is 11.8 Å². The Bertz CT molecular complexity index is 1260. The number of hydrogen-bond donors (Lipinski definition) is 1. The highest BCUT2D eigenvalue weighted by Crippen LogP contribution is 2.34. The number of hydrogen-bond acceptors (Lipinski definition) is 6. The Hall–Kier alpha value is -3.69. The molecule has 0 spiro atoms. The van der Waals surface area contributed by atoms with Gasteiger partial charge in [-0.2, -0.15) is 5.01 Å². The number of carbonyl (C=O) groups excluding carboxylic acids is 2. The maximum absolute atomic E-state index is 13.1. The topological polar surface area (TPSA) is 67.9 Å². The van der Waals surface area contributed by atoms with Gasteiger partial charge in [-0.05, 0) is 65.8 Å². The second kappa shape index (κ2) is 10.5. The molecule has 1 saturated heterocycles. The zero-order chi connectivity index (χ0) is 24.1. The Labute approximate surface area is 205 Å². The van der Waals surface area contributed by atoms with Gasteiger partial charge in [-0.25, -0.2) is 4.39 Å². The number of nitrogens with one attached hydrogen (secondary N) is 1. The monoisotopic (exact) mass is 494 g/mol. The van der Waals surface area contributed by atoms with E-state index in [1.807, 2.05) is 0 Å². The number of rotatable bonds is 7. The van der Waals surface area contributed by atoms with Crippen molar-refractivity contribution in [3.05, 3.63) is 100 Å². The summed E-state index contributed by atoms with van der Waals surface area (Å²) in [5.74, 6) is -0.177. The first-order valence-corrected chi connectivity index (χ1v) is 11.4. The maximum Gasteiger partial charge on any atom is 0.285 e. The van der Waals surface area contributed by atoms with Gasteiger partial charge in [0.15, 0.2) is 15.8 Å². The van der Waals surface area contributed by atoms with Crippen LogP contribution in [0, 0.1) is 5.82 Å². The van der Waals surface area contributed by atoms with Crippen LogP contribution >= 0.6 is 24.0 Å². The van der Waals surface area contributed by atoms with Crippen LogP contribution in [0.25, 0.3) is 6.08 Å². The van der Waals surface area contributed by atoms with Crippen LogP contribution < -0.4 is 14.9 Å². The summed E-state index contributed by atoms with van der Waals surface area (Å²) in [5, 5.41) is 1.07. The molecule has 1 N–H and O–H groups in total. The molecule has 0 radical (unpaired) electrons. The fourth-order valence-corrected chi connectivity index (χ4v) is 4.29. The Morgan fingerprint density at radius 1 is 1.09 bits per heavy atom. The molecule has 3 aromatic rings. The van der Waals surface area contributed by atoms with Crippen molar-refractivity contribution in [3.8, 4) is 11.5 Å². The van der Waals surface area contributed by atoms with E-state index in [9.17, 15) is 14.0 Å². The Kier molecular flexibility index (Phi) is 7.24. The molecule has 1 heterocycles. The molecule has 1 fully saturated rings. The van der Waals surface area contributed by atoms with Crippen LogP contribution in [0.1, 0.15) is 21.5 Å². The van der Waals surface area contributed by atoms with E-state index in [4.69, 9.17) is 21.7 Å². The van der Waals surface area contributed by atoms with E-state index in [1.165, 1.54) is 19.2 Å². The molecule has 1 aliphatic heterocycles. The van der Waals surface area contributed by atoms with Crippen molar-refractivity contribution < 1.29 is 23.5 Å². The first kappa shape index (κ1) is 23.5. The molecule has 4 rings (SSSR count). The highest BCUT2D eigenvalue weighted by atomic mass is 32.2. The molecule has 3 aromatic carbocycles. The molecule has 0 bridgehead atoms. The summed E-state index contributed by atoms with van der Waals surface area (Å²) in [6.07, 6.45) is 1.67. The minimum absolute atomic E-state index is 0.228. The van der Waals surface area contributed by atoms with Gasteiger partial charge in [0.05, 0.1) is 12.0 Å². The zero-order valence-corrected chi connectivity index (χ0v) is 19.6. The average molecular weight is 495 g/mol. The van der Waals surface area contributed by atoms with Gasteiger partial charge in [-0.1, -0.05) is 48.2 Å². The third kappa shape index (κ3) is 5.44. The first-order chi connectivity index (χ1) is 16.4. The van der Waals surface area contributed by atoms with E-state index >= 15 is 0 Å². The van der Waals surface area contributed by atoms with Gasteiger partial charge >= 0.3 is 0 Å². The Morgan fingerprint density at radius 3 is 2.53 bits per heavy atom. The highest BCUT2D eigenvalue weighted by Gasteiger charge is 2.33. The number of thioether (sulfide) groups is 1. The van der Waals surface area contributed by atoms with Crippen molar-refractivity contribution in [1.82, 2.24) is 10.4 Å². The van der Waals surface area contributed by atoms with Gasteiger partial charge in [0, 0.05) is 5.56 Å². The molecule has 0 atom stereocenters. The first-order valence-electron chi connectivity index (χ1n) is 10.1. The van der Waals surface area contributed by atoms with Crippen LogP contribution in [-0.2, 0) is 11.4 Å². The lowest BCUT2D eigenvalue weighted by Crippen LogP contribution is -2.44. The molecule has 0 unspecified atom stereocenters. The molecule has 0 saturated carbocycles. The molecule has 9 heteroatoms. The molecule has 0 aliphatic carbocycles. The number of benzene rings is 3. The van der Waals surface area contributed by atoms with Crippen LogP contribution in [0.5, 0.6) is 11.5 Å². The molecular formula is C25H19FN2O4S2. The third-order valence-electron chi connectivity index (χ3n) is 4.84. The molecule has 172 valence electrons. The molecule has 6 nitrogen and oxygen atoms in total. The smallest absolute Gasteiger partial charge is 0.285 e. The number of halogens is 1. The standard InChI is InChI=1S/C25H19FN2O4S2/c1-31-21-13-17(9-12-20(21)32-15-16-7-10-19(26)11-8-16)14-22-24(30)28(25(33)34-22)27-23(29)18-5-3-2-4-6-18/h2-14H,15H2,1H3,(H,27,29)/b22-14-. The number of nitrogens with zero attached hydrogens (tertiary/aromatic N) is 1. The summed E-state index contributed by atoms with van der Waals surface area (Å²) in [4.78, 5) is 25.6. The Balaban J connectivity index is 1.46. The molecular weight excluding hydrogens is 475 g/mol. The number of hydrazine groups is 1. The minimum atomic E-state index is -0.428. The molecule has 34 heavy (non-hydrogen) atoms. The fraction of sp³-hybridized carbons (Fsp3) is 0.0800. The van der Waals surface area contributed by atoms with E-state index in [2.05, 4.69) is 5.43 Å². The summed E-state index contributed by atoms with van der Waals surface area (Å²) in [5.41, 5.74) is 4.48. The predicted octanol–water partition coefficient (Wildman–Crippen LogP) is 4.96.